The van der Waals surface area contributed by atoms with Crippen molar-refractivity contribution in [2.75, 3.05) is 12.8 Å². The van der Waals surface area contributed by atoms with Crippen LogP contribution in [0.15, 0.2) is 12.1 Å². The molecule has 0 saturated carbocycles. The molecule has 0 atom stereocenters. The molecule has 0 aliphatic carbocycles. The smallest absolute Gasteiger partial charge is 0.315 e. The van der Waals surface area contributed by atoms with Gasteiger partial charge in [-0.25, -0.2) is 4.39 Å². The first-order valence-electron chi connectivity index (χ1n) is 4.95. The van der Waals surface area contributed by atoms with Crippen LogP contribution in [-0.4, -0.2) is 13.1 Å². The van der Waals surface area contributed by atoms with Crippen molar-refractivity contribution in [1.82, 2.24) is 0 Å². The highest BCUT2D eigenvalue weighted by atomic mass is 19.1. The average molecular weight is 225 g/mol. The van der Waals surface area contributed by atoms with E-state index in [1.165, 1.54) is 13.2 Å². The van der Waals surface area contributed by atoms with E-state index in [4.69, 9.17) is 5.73 Å². The number of anilines is 1. The Hall–Kier alpha value is -1.58. The molecule has 0 fully saturated rings. The van der Waals surface area contributed by atoms with Gasteiger partial charge in [-0.3, -0.25) is 4.79 Å². The van der Waals surface area contributed by atoms with E-state index in [0.717, 1.165) is 0 Å². The Labute approximate surface area is 94.4 Å². The van der Waals surface area contributed by atoms with Crippen molar-refractivity contribution in [3.8, 4) is 0 Å². The lowest BCUT2D eigenvalue weighted by atomic mass is 9.81. The second-order valence-corrected chi connectivity index (χ2v) is 4.31. The van der Waals surface area contributed by atoms with E-state index < -0.39 is 17.2 Å². The highest BCUT2D eigenvalue weighted by Gasteiger charge is 2.35. The summed E-state index contributed by atoms with van der Waals surface area (Å²) in [5.74, 6) is -0.952. The number of aryl methyl sites for hydroxylation is 1. The highest BCUT2D eigenvalue weighted by Crippen LogP contribution is 2.31. The molecule has 0 radical (unpaired) electrons. The molecule has 4 heteroatoms. The molecular formula is C12H16FNO2. The number of nitrogen functional groups attached to an aromatic ring is 1. The van der Waals surface area contributed by atoms with Gasteiger partial charge in [0.05, 0.1) is 12.5 Å². The van der Waals surface area contributed by atoms with E-state index in [1.54, 1.807) is 26.8 Å². The fourth-order valence-corrected chi connectivity index (χ4v) is 1.92. The monoisotopic (exact) mass is 225 g/mol. The minimum Gasteiger partial charge on any atom is -0.468 e. The van der Waals surface area contributed by atoms with Crippen molar-refractivity contribution in [1.29, 1.82) is 0 Å². The zero-order valence-electron chi connectivity index (χ0n) is 9.93. The summed E-state index contributed by atoms with van der Waals surface area (Å²) in [5, 5.41) is 0. The van der Waals surface area contributed by atoms with Gasteiger partial charge in [-0.05, 0) is 38.5 Å². The summed E-state index contributed by atoms with van der Waals surface area (Å²) in [6.45, 7) is 4.97. The van der Waals surface area contributed by atoms with Crippen LogP contribution in [-0.2, 0) is 14.9 Å². The molecule has 0 unspecified atom stereocenters. The van der Waals surface area contributed by atoms with Crippen molar-refractivity contribution >= 4 is 11.7 Å². The van der Waals surface area contributed by atoms with Gasteiger partial charge in [0, 0.05) is 11.3 Å². The third kappa shape index (κ3) is 2.01. The minimum atomic E-state index is -1.02. The van der Waals surface area contributed by atoms with Crippen LogP contribution in [0.1, 0.15) is 25.0 Å². The van der Waals surface area contributed by atoms with Crippen LogP contribution in [0.2, 0.25) is 0 Å². The Balaban J connectivity index is 3.38. The number of carbonyl (C=O) groups is 1. The second kappa shape index (κ2) is 4.12. The number of esters is 1. The van der Waals surface area contributed by atoms with E-state index in [9.17, 15) is 9.18 Å². The lowest BCUT2D eigenvalue weighted by molar-refractivity contribution is -0.146. The Morgan fingerprint density at radius 3 is 2.44 bits per heavy atom. The second-order valence-electron chi connectivity index (χ2n) is 4.31. The lowest BCUT2D eigenvalue weighted by Crippen LogP contribution is -2.32. The van der Waals surface area contributed by atoms with Gasteiger partial charge in [0.1, 0.15) is 5.82 Å². The van der Waals surface area contributed by atoms with Crippen molar-refractivity contribution in [3.63, 3.8) is 0 Å². The van der Waals surface area contributed by atoms with Gasteiger partial charge in [-0.15, -0.1) is 0 Å². The van der Waals surface area contributed by atoms with Crippen molar-refractivity contribution in [2.24, 2.45) is 0 Å². The van der Waals surface area contributed by atoms with Gasteiger partial charge in [0.2, 0.25) is 0 Å². The molecule has 1 aromatic carbocycles. The molecule has 3 nitrogen and oxygen atoms in total. The Morgan fingerprint density at radius 1 is 1.44 bits per heavy atom. The topological polar surface area (TPSA) is 52.3 Å². The molecule has 0 heterocycles. The maximum Gasteiger partial charge on any atom is 0.315 e. The van der Waals surface area contributed by atoms with Crippen molar-refractivity contribution in [3.05, 3.63) is 29.1 Å². The maximum absolute atomic E-state index is 13.8. The molecule has 0 amide bonds. The Bertz CT molecular complexity index is 404. The molecular weight excluding hydrogens is 209 g/mol. The molecule has 0 aromatic heterocycles. The van der Waals surface area contributed by atoms with Gasteiger partial charge in [0.25, 0.3) is 0 Å². The number of hydrogen-bond acceptors (Lipinski definition) is 3. The normalized spacial score (nSPS) is 11.3. The van der Waals surface area contributed by atoms with Gasteiger partial charge in [-0.1, -0.05) is 0 Å². The Morgan fingerprint density at radius 2 is 2.00 bits per heavy atom. The zero-order chi connectivity index (χ0) is 12.5. The third-order valence-electron chi connectivity index (χ3n) is 2.63. The number of halogens is 1. The SMILES string of the molecule is COC(=O)C(C)(C)c1c(C)cc(N)cc1F. The standard InChI is InChI=1S/C12H16FNO2/c1-7-5-8(14)6-9(13)10(7)12(2,3)11(15)16-4/h5-6H,14H2,1-4H3. The van der Waals surface area contributed by atoms with Crippen LogP contribution in [0.4, 0.5) is 10.1 Å². The molecule has 1 rings (SSSR count). The quantitative estimate of drug-likeness (QED) is 0.620. The summed E-state index contributed by atoms with van der Waals surface area (Å²) >= 11 is 0. The summed E-state index contributed by atoms with van der Waals surface area (Å²) in [4.78, 5) is 11.6. The van der Waals surface area contributed by atoms with Crippen LogP contribution in [0.25, 0.3) is 0 Å². The van der Waals surface area contributed by atoms with Crippen LogP contribution < -0.4 is 5.73 Å². The van der Waals surface area contributed by atoms with Gasteiger partial charge < -0.3 is 10.5 Å². The molecule has 88 valence electrons. The summed E-state index contributed by atoms with van der Waals surface area (Å²) in [5.41, 5.74) is 5.83. The molecule has 2 N–H and O–H groups in total. The molecule has 0 bridgehead atoms. The van der Waals surface area contributed by atoms with Gasteiger partial charge in [-0.2, -0.15) is 0 Å². The van der Waals surface area contributed by atoms with E-state index >= 15 is 0 Å². The first-order valence-corrected chi connectivity index (χ1v) is 4.95. The third-order valence-corrected chi connectivity index (χ3v) is 2.63. The summed E-state index contributed by atoms with van der Waals surface area (Å²) < 4.78 is 18.5. The van der Waals surface area contributed by atoms with Crippen LogP contribution >= 0.6 is 0 Å². The fraction of sp³-hybridized carbons (Fsp3) is 0.417. The Kier molecular flexibility index (Phi) is 3.21. The first-order chi connectivity index (χ1) is 7.30. The van der Waals surface area contributed by atoms with Crippen LogP contribution in [0.3, 0.4) is 0 Å². The zero-order valence-corrected chi connectivity index (χ0v) is 9.93. The van der Waals surface area contributed by atoms with E-state index in [0.29, 0.717) is 16.8 Å². The molecule has 0 saturated heterocycles. The molecule has 16 heavy (non-hydrogen) atoms. The highest BCUT2D eigenvalue weighted by molar-refractivity contribution is 5.83. The lowest BCUT2D eigenvalue weighted by Gasteiger charge is -2.24. The average Bonchev–Trinajstić information content (AvgIpc) is 2.14. The van der Waals surface area contributed by atoms with Gasteiger partial charge in [0.15, 0.2) is 0 Å². The summed E-state index contributed by atoms with van der Waals surface area (Å²) in [6, 6.07) is 2.86. The predicted octanol–water partition coefficient (Wildman–Crippen LogP) is 2.17. The predicted molar refractivity (Wildman–Crippen MR) is 60.6 cm³/mol. The summed E-state index contributed by atoms with van der Waals surface area (Å²) in [7, 11) is 1.29. The number of nitrogens with two attached hydrogens (primary N) is 1. The molecule has 1 aromatic rings. The number of carbonyl (C=O) groups excluding carboxylic acids is 1. The van der Waals surface area contributed by atoms with Crippen LogP contribution in [0.5, 0.6) is 0 Å². The number of benzene rings is 1. The van der Waals surface area contributed by atoms with Crippen molar-refractivity contribution in [2.45, 2.75) is 26.2 Å². The summed E-state index contributed by atoms with van der Waals surface area (Å²) in [6.07, 6.45) is 0. The number of ether oxygens (including phenoxy) is 1. The largest absolute Gasteiger partial charge is 0.468 e. The first kappa shape index (κ1) is 12.5. The van der Waals surface area contributed by atoms with Gasteiger partial charge >= 0.3 is 5.97 Å². The van der Waals surface area contributed by atoms with Crippen molar-refractivity contribution < 1.29 is 13.9 Å². The maximum atomic E-state index is 13.8. The molecule has 0 aliphatic heterocycles. The van der Waals surface area contributed by atoms with Crippen LogP contribution in [0, 0.1) is 12.7 Å². The number of hydrogen-bond donors (Lipinski definition) is 1. The minimum absolute atomic E-state index is 0.327. The van der Waals surface area contributed by atoms with E-state index in [1.807, 2.05) is 0 Å². The number of rotatable bonds is 2. The molecule has 0 spiro atoms. The van der Waals surface area contributed by atoms with E-state index in [2.05, 4.69) is 4.74 Å². The van der Waals surface area contributed by atoms with E-state index in [-0.39, 0.29) is 0 Å². The fourth-order valence-electron chi connectivity index (χ4n) is 1.92. The molecule has 0 aliphatic rings. The number of methoxy groups -OCH3 is 1.